The molecule has 1 aromatic rings. The molecule has 9 heteroatoms. The second-order valence-corrected chi connectivity index (χ2v) is 8.84. The third-order valence-corrected chi connectivity index (χ3v) is 5.93. The van der Waals surface area contributed by atoms with Crippen LogP contribution in [0.15, 0.2) is 18.2 Å². The van der Waals surface area contributed by atoms with Gasteiger partial charge in [0.2, 0.25) is 15.9 Å². The first-order chi connectivity index (χ1) is 11.8. The van der Waals surface area contributed by atoms with E-state index >= 15 is 0 Å². The average Bonchev–Trinajstić information content (AvgIpc) is 3.04. The van der Waals surface area contributed by atoms with Crippen LogP contribution in [0.5, 0.6) is 0 Å². The molecule has 1 aliphatic heterocycles. The maximum Gasteiger partial charge on any atom is 0.240 e. The number of likely N-dealkylation sites (tertiary alicyclic amines) is 1. The Hall–Kier alpha value is -1.02. The molecule has 0 radical (unpaired) electrons. The van der Waals surface area contributed by atoms with Gasteiger partial charge in [0, 0.05) is 6.54 Å². The maximum absolute atomic E-state index is 12.1. The zero-order valence-electron chi connectivity index (χ0n) is 14.2. The van der Waals surface area contributed by atoms with Crippen molar-refractivity contribution in [2.75, 3.05) is 43.3 Å². The SMILES string of the molecule is CS(=O)(=O)N(CC(=O)NCCCN1CCCC1)c1ccc(Cl)c(Cl)c1. The van der Waals surface area contributed by atoms with Crippen molar-refractivity contribution < 1.29 is 13.2 Å². The number of carbonyl (C=O) groups excluding carboxylic acids is 1. The fraction of sp³-hybridized carbons (Fsp3) is 0.562. The number of amides is 1. The Balaban J connectivity index is 1.90. The number of hydrogen-bond donors (Lipinski definition) is 1. The first kappa shape index (κ1) is 20.3. The van der Waals surface area contributed by atoms with Gasteiger partial charge in [-0.05, 0) is 57.1 Å². The third-order valence-electron chi connectivity index (χ3n) is 4.05. The lowest BCUT2D eigenvalue weighted by molar-refractivity contribution is -0.119. The highest BCUT2D eigenvalue weighted by atomic mass is 35.5. The van der Waals surface area contributed by atoms with Crippen LogP contribution < -0.4 is 9.62 Å². The summed E-state index contributed by atoms with van der Waals surface area (Å²) in [4.78, 5) is 14.5. The molecule has 25 heavy (non-hydrogen) atoms. The van der Waals surface area contributed by atoms with Crippen LogP contribution in [0, 0.1) is 0 Å². The van der Waals surface area contributed by atoms with Crippen molar-refractivity contribution >= 4 is 44.8 Å². The molecule has 0 atom stereocenters. The Bertz CT molecular complexity index is 707. The minimum absolute atomic E-state index is 0.235. The molecule has 0 unspecified atom stereocenters. The molecule has 0 bridgehead atoms. The zero-order valence-corrected chi connectivity index (χ0v) is 16.5. The molecule has 6 nitrogen and oxygen atoms in total. The molecule has 2 rings (SSSR count). The van der Waals surface area contributed by atoms with Crippen LogP contribution in [0.3, 0.4) is 0 Å². The van der Waals surface area contributed by atoms with Gasteiger partial charge in [-0.15, -0.1) is 0 Å². The Morgan fingerprint density at radius 3 is 2.52 bits per heavy atom. The normalized spacial score (nSPS) is 15.3. The predicted molar refractivity (Wildman–Crippen MR) is 102 cm³/mol. The summed E-state index contributed by atoms with van der Waals surface area (Å²) in [6.07, 6.45) is 4.37. The van der Waals surface area contributed by atoms with Gasteiger partial charge in [0.05, 0.1) is 22.0 Å². The van der Waals surface area contributed by atoms with Crippen molar-refractivity contribution in [3.63, 3.8) is 0 Å². The van der Waals surface area contributed by atoms with Gasteiger partial charge in [-0.1, -0.05) is 23.2 Å². The quantitative estimate of drug-likeness (QED) is 0.671. The van der Waals surface area contributed by atoms with E-state index in [1.165, 1.54) is 31.0 Å². The predicted octanol–water partition coefficient (Wildman–Crippen LogP) is 2.36. The highest BCUT2D eigenvalue weighted by Crippen LogP contribution is 2.28. The smallest absolute Gasteiger partial charge is 0.240 e. The van der Waals surface area contributed by atoms with E-state index in [4.69, 9.17) is 23.2 Å². The number of benzene rings is 1. The standard InChI is InChI=1S/C16H23Cl2N3O3S/c1-25(23,24)21(13-5-6-14(17)15(18)11-13)12-16(22)19-7-4-10-20-8-2-3-9-20/h5-6,11H,2-4,7-10,12H2,1H3,(H,19,22). The fourth-order valence-corrected chi connectivity index (χ4v) is 3.90. The zero-order chi connectivity index (χ0) is 18.4. The van der Waals surface area contributed by atoms with E-state index in [0.29, 0.717) is 17.3 Å². The maximum atomic E-state index is 12.1. The van der Waals surface area contributed by atoms with Crippen molar-refractivity contribution in [3.8, 4) is 0 Å². The minimum atomic E-state index is -3.62. The molecule has 0 saturated carbocycles. The second kappa shape index (κ2) is 9.07. The van der Waals surface area contributed by atoms with Gasteiger partial charge in [0.15, 0.2) is 0 Å². The van der Waals surface area contributed by atoms with Crippen LogP contribution in [0.4, 0.5) is 5.69 Å². The van der Waals surface area contributed by atoms with Crippen molar-refractivity contribution in [2.24, 2.45) is 0 Å². The number of halogens is 2. The molecule has 1 N–H and O–H groups in total. The van der Waals surface area contributed by atoms with Gasteiger partial charge >= 0.3 is 0 Å². The molecule has 1 aliphatic rings. The topological polar surface area (TPSA) is 69.7 Å². The van der Waals surface area contributed by atoms with E-state index in [2.05, 4.69) is 10.2 Å². The molecule has 1 saturated heterocycles. The molecule has 0 aromatic heterocycles. The van der Waals surface area contributed by atoms with E-state index in [-0.39, 0.29) is 17.5 Å². The van der Waals surface area contributed by atoms with E-state index in [9.17, 15) is 13.2 Å². The molecule has 140 valence electrons. The molecular formula is C16H23Cl2N3O3S. The molecule has 1 heterocycles. The first-order valence-electron chi connectivity index (χ1n) is 8.19. The Labute approximate surface area is 159 Å². The lowest BCUT2D eigenvalue weighted by atomic mass is 10.3. The fourth-order valence-electron chi connectivity index (χ4n) is 2.76. The minimum Gasteiger partial charge on any atom is -0.354 e. The van der Waals surface area contributed by atoms with Gasteiger partial charge in [-0.25, -0.2) is 8.42 Å². The van der Waals surface area contributed by atoms with Crippen LogP contribution in [0.2, 0.25) is 10.0 Å². The molecular weight excluding hydrogens is 385 g/mol. The van der Waals surface area contributed by atoms with E-state index in [1.807, 2.05) is 0 Å². The Morgan fingerprint density at radius 1 is 1.24 bits per heavy atom. The van der Waals surface area contributed by atoms with Crippen LogP contribution in [-0.2, 0) is 14.8 Å². The van der Waals surface area contributed by atoms with Crippen LogP contribution >= 0.6 is 23.2 Å². The summed E-state index contributed by atoms with van der Waals surface area (Å²) in [5, 5.41) is 3.33. The summed E-state index contributed by atoms with van der Waals surface area (Å²) in [5.41, 5.74) is 0.309. The highest BCUT2D eigenvalue weighted by Gasteiger charge is 2.21. The van der Waals surface area contributed by atoms with Crippen LogP contribution in [-0.4, -0.2) is 58.2 Å². The van der Waals surface area contributed by atoms with Crippen molar-refractivity contribution in [2.45, 2.75) is 19.3 Å². The van der Waals surface area contributed by atoms with E-state index in [1.54, 1.807) is 0 Å². The number of hydrogen-bond acceptors (Lipinski definition) is 4. The van der Waals surface area contributed by atoms with Gasteiger partial charge in [-0.3, -0.25) is 9.10 Å². The number of sulfonamides is 1. The molecule has 0 spiro atoms. The number of carbonyl (C=O) groups is 1. The lowest BCUT2D eigenvalue weighted by Crippen LogP contribution is -2.41. The summed E-state index contributed by atoms with van der Waals surface area (Å²) >= 11 is 11.8. The number of nitrogens with zero attached hydrogens (tertiary/aromatic N) is 2. The third kappa shape index (κ3) is 6.33. The summed E-state index contributed by atoms with van der Waals surface area (Å²) in [6.45, 7) is 3.41. The largest absolute Gasteiger partial charge is 0.354 e. The first-order valence-corrected chi connectivity index (χ1v) is 10.8. The van der Waals surface area contributed by atoms with Crippen LogP contribution in [0.25, 0.3) is 0 Å². The summed E-state index contributed by atoms with van der Waals surface area (Å²) in [5.74, 6) is -0.349. The molecule has 1 amide bonds. The van der Waals surface area contributed by atoms with Crippen LogP contribution in [0.1, 0.15) is 19.3 Å². The Morgan fingerprint density at radius 2 is 1.92 bits per heavy atom. The van der Waals surface area contributed by atoms with Crippen molar-refractivity contribution in [1.82, 2.24) is 10.2 Å². The van der Waals surface area contributed by atoms with E-state index < -0.39 is 10.0 Å². The van der Waals surface area contributed by atoms with Gasteiger partial charge in [0.25, 0.3) is 0 Å². The monoisotopic (exact) mass is 407 g/mol. The second-order valence-electron chi connectivity index (χ2n) is 6.12. The van der Waals surface area contributed by atoms with Crippen molar-refractivity contribution in [1.29, 1.82) is 0 Å². The van der Waals surface area contributed by atoms with E-state index in [0.717, 1.165) is 36.6 Å². The summed E-state index contributed by atoms with van der Waals surface area (Å²) in [6, 6.07) is 4.47. The highest BCUT2D eigenvalue weighted by molar-refractivity contribution is 7.92. The van der Waals surface area contributed by atoms with Gasteiger partial charge < -0.3 is 10.2 Å². The lowest BCUT2D eigenvalue weighted by Gasteiger charge is -2.22. The number of anilines is 1. The molecule has 1 fully saturated rings. The average molecular weight is 408 g/mol. The number of nitrogens with one attached hydrogen (secondary N) is 1. The van der Waals surface area contributed by atoms with Gasteiger partial charge in [0.1, 0.15) is 6.54 Å². The van der Waals surface area contributed by atoms with Crippen molar-refractivity contribution in [3.05, 3.63) is 28.2 Å². The molecule has 1 aromatic carbocycles. The number of rotatable bonds is 8. The Kier molecular flexibility index (Phi) is 7.37. The molecule has 0 aliphatic carbocycles. The summed E-state index contributed by atoms with van der Waals surface area (Å²) in [7, 11) is -3.62. The van der Waals surface area contributed by atoms with Gasteiger partial charge in [-0.2, -0.15) is 0 Å². The summed E-state index contributed by atoms with van der Waals surface area (Å²) < 4.78 is 25.1.